The molecule has 5 nitrogen and oxygen atoms in total. The van der Waals surface area contributed by atoms with E-state index in [1.807, 2.05) is 45.0 Å². The molecule has 7 heteroatoms. The Morgan fingerprint density at radius 1 is 1.19 bits per heavy atom. The third kappa shape index (κ3) is 4.05. The molecule has 1 aliphatic rings. The van der Waals surface area contributed by atoms with Gasteiger partial charge in [-0.1, -0.05) is 38.1 Å². The summed E-state index contributed by atoms with van der Waals surface area (Å²) < 4.78 is 26.9. The fraction of sp³-hybridized carbons (Fsp3) is 0.350. The minimum Gasteiger partial charge on any atom is -0.325 e. The first-order valence-corrected chi connectivity index (χ1v) is 11.3. The lowest BCUT2D eigenvalue weighted by atomic mass is 10.1. The summed E-state index contributed by atoms with van der Waals surface area (Å²) >= 11 is 1.55. The Morgan fingerprint density at radius 3 is 2.56 bits per heavy atom. The monoisotopic (exact) mass is 404 g/mol. The topological polar surface area (TPSA) is 66.5 Å². The molecule has 1 heterocycles. The number of benzene rings is 2. The van der Waals surface area contributed by atoms with Gasteiger partial charge in [0.1, 0.15) is 0 Å². The third-order valence-corrected chi connectivity index (χ3v) is 8.11. The predicted molar refractivity (Wildman–Crippen MR) is 110 cm³/mol. The van der Waals surface area contributed by atoms with Gasteiger partial charge in [0.2, 0.25) is 15.9 Å². The van der Waals surface area contributed by atoms with Gasteiger partial charge in [-0.05, 0) is 42.7 Å². The van der Waals surface area contributed by atoms with Crippen molar-refractivity contribution < 1.29 is 13.2 Å². The first-order valence-electron chi connectivity index (χ1n) is 9.03. The highest BCUT2D eigenvalue weighted by molar-refractivity contribution is 8.01. The van der Waals surface area contributed by atoms with Gasteiger partial charge in [0.05, 0.1) is 10.1 Å². The minimum atomic E-state index is -3.56. The van der Waals surface area contributed by atoms with Crippen LogP contribution in [0.25, 0.3) is 0 Å². The number of anilines is 1. The second-order valence-electron chi connectivity index (χ2n) is 6.47. The molecular formula is C20H24N2O3S2. The van der Waals surface area contributed by atoms with Crippen LogP contribution in [-0.4, -0.2) is 37.0 Å². The van der Waals surface area contributed by atoms with Crippen LogP contribution < -0.4 is 5.32 Å². The number of hydrogen-bond donors (Lipinski definition) is 1. The fourth-order valence-electron chi connectivity index (χ4n) is 3.15. The Hall–Kier alpha value is -1.83. The van der Waals surface area contributed by atoms with Crippen LogP contribution >= 0.6 is 11.8 Å². The molecule has 0 bridgehead atoms. The lowest BCUT2D eigenvalue weighted by Crippen LogP contribution is -2.31. The van der Waals surface area contributed by atoms with Crippen LogP contribution in [0.5, 0.6) is 0 Å². The number of carbonyl (C=O) groups is 1. The second-order valence-corrected chi connectivity index (χ2v) is 9.66. The van der Waals surface area contributed by atoms with Crippen molar-refractivity contribution in [2.75, 3.05) is 18.4 Å². The first-order chi connectivity index (χ1) is 12.9. The van der Waals surface area contributed by atoms with Crippen molar-refractivity contribution in [3.05, 3.63) is 53.6 Å². The van der Waals surface area contributed by atoms with Crippen molar-refractivity contribution in [1.82, 2.24) is 4.31 Å². The van der Waals surface area contributed by atoms with Crippen LogP contribution in [0.3, 0.4) is 0 Å². The Bertz CT molecular complexity index is 928. The smallest absolute Gasteiger partial charge is 0.243 e. The molecule has 27 heavy (non-hydrogen) atoms. The highest BCUT2D eigenvalue weighted by Gasteiger charge is 2.29. The first kappa shape index (κ1) is 19.9. The van der Waals surface area contributed by atoms with Gasteiger partial charge in [-0.25, -0.2) is 8.42 Å². The summed E-state index contributed by atoms with van der Waals surface area (Å²) in [5.41, 5.74) is 2.56. The number of nitrogens with zero attached hydrogens (tertiary/aromatic N) is 1. The molecule has 0 aliphatic carbocycles. The van der Waals surface area contributed by atoms with Crippen LogP contribution in [0.4, 0.5) is 5.69 Å². The number of thioether (sulfide) groups is 1. The van der Waals surface area contributed by atoms with Gasteiger partial charge in [-0.3, -0.25) is 4.79 Å². The van der Waals surface area contributed by atoms with Crippen molar-refractivity contribution >= 4 is 33.4 Å². The van der Waals surface area contributed by atoms with E-state index in [-0.39, 0.29) is 16.1 Å². The number of carbonyl (C=O) groups excluding carboxylic acids is 1. The lowest BCUT2D eigenvalue weighted by Gasteiger charge is -2.20. The lowest BCUT2D eigenvalue weighted by molar-refractivity contribution is -0.115. The van der Waals surface area contributed by atoms with Crippen molar-refractivity contribution in [2.45, 2.75) is 42.2 Å². The van der Waals surface area contributed by atoms with E-state index in [2.05, 4.69) is 5.32 Å². The Kier molecular flexibility index (Phi) is 5.93. The zero-order valence-electron chi connectivity index (χ0n) is 15.7. The van der Waals surface area contributed by atoms with E-state index < -0.39 is 10.0 Å². The molecular weight excluding hydrogens is 380 g/mol. The molecule has 0 saturated heterocycles. The number of sulfonamides is 1. The second kappa shape index (κ2) is 8.04. The standard InChI is InChI=1S/C20H24N2O3S2/c1-4-22(5-2)27(24,25)16-11-10-14(3)17(13-16)21-20(23)19-12-15-8-6-7-9-18(15)26-19/h6-11,13,19H,4-5,12H2,1-3H3,(H,21,23). The minimum absolute atomic E-state index is 0.100. The van der Waals surface area contributed by atoms with E-state index in [0.29, 0.717) is 25.2 Å². The summed E-state index contributed by atoms with van der Waals surface area (Å²) in [5.74, 6) is -0.100. The van der Waals surface area contributed by atoms with Crippen LogP contribution in [-0.2, 0) is 21.2 Å². The number of amides is 1. The Morgan fingerprint density at radius 2 is 1.89 bits per heavy atom. The maximum Gasteiger partial charge on any atom is 0.243 e. The summed E-state index contributed by atoms with van der Waals surface area (Å²) in [4.78, 5) is 14.1. The SMILES string of the molecule is CCN(CC)S(=O)(=O)c1ccc(C)c(NC(=O)C2Cc3ccccc3S2)c1. The average molecular weight is 405 g/mol. The predicted octanol–water partition coefficient (Wildman–Crippen LogP) is 3.68. The summed E-state index contributed by atoms with van der Waals surface area (Å²) in [6.45, 7) is 6.30. The van der Waals surface area contributed by atoms with E-state index in [9.17, 15) is 13.2 Å². The van der Waals surface area contributed by atoms with E-state index in [1.54, 1.807) is 30.0 Å². The van der Waals surface area contributed by atoms with Gasteiger partial charge in [0, 0.05) is 23.7 Å². The van der Waals surface area contributed by atoms with Crippen molar-refractivity contribution in [1.29, 1.82) is 0 Å². The van der Waals surface area contributed by atoms with Gasteiger partial charge in [0.25, 0.3) is 0 Å². The molecule has 1 unspecified atom stereocenters. The van der Waals surface area contributed by atoms with E-state index in [1.165, 1.54) is 9.87 Å². The quantitative estimate of drug-likeness (QED) is 0.798. The van der Waals surface area contributed by atoms with Crippen molar-refractivity contribution in [3.63, 3.8) is 0 Å². The molecule has 1 N–H and O–H groups in total. The highest BCUT2D eigenvalue weighted by Crippen LogP contribution is 2.37. The number of rotatable bonds is 6. The molecule has 0 aromatic heterocycles. The van der Waals surface area contributed by atoms with Crippen molar-refractivity contribution in [2.24, 2.45) is 0 Å². The summed E-state index contributed by atoms with van der Waals surface area (Å²) in [6.07, 6.45) is 0.684. The third-order valence-electron chi connectivity index (χ3n) is 4.75. The molecule has 2 aromatic rings. The molecule has 1 aliphatic heterocycles. The fourth-order valence-corrected chi connectivity index (χ4v) is 5.83. The van der Waals surface area contributed by atoms with Gasteiger partial charge in [0.15, 0.2) is 0 Å². The summed E-state index contributed by atoms with van der Waals surface area (Å²) in [7, 11) is -3.56. The van der Waals surface area contributed by atoms with E-state index in [4.69, 9.17) is 0 Å². The Labute approximate surface area is 165 Å². The molecule has 0 spiro atoms. The van der Waals surface area contributed by atoms with Crippen LogP contribution in [0.2, 0.25) is 0 Å². The van der Waals surface area contributed by atoms with Crippen LogP contribution in [0, 0.1) is 6.92 Å². The maximum atomic E-state index is 12.8. The number of nitrogens with one attached hydrogen (secondary N) is 1. The van der Waals surface area contributed by atoms with Gasteiger partial charge in [-0.2, -0.15) is 4.31 Å². The van der Waals surface area contributed by atoms with Crippen LogP contribution in [0.15, 0.2) is 52.3 Å². The summed E-state index contributed by atoms with van der Waals surface area (Å²) in [5, 5.41) is 2.73. The molecule has 1 atom stereocenters. The van der Waals surface area contributed by atoms with Crippen LogP contribution in [0.1, 0.15) is 25.0 Å². The largest absolute Gasteiger partial charge is 0.325 e. The van der Waals surface area contributed by atoms with Gasteiger partial charge < -0.3 is 5.32 Å². The highest BCUT2D eigenvalue weighted by atomic mass is 32.2. The zero-order chi connectivity index (χ0) is 19.6. The van der Waals surface area contributed by atoms with Gasteiger partial charge in [-0.15, -0.1) is 11.8 Å². The van der Waals surface area contributed by atoms with Crippen molar-refractivity contribution in [3.8, 4) is 0 Å². The number of fused-ring (bicyclic) bond motifs is 1. The van der Waals surface area contributed by atoms with Gasteiger partial charge >= 0.3 is 0 Å². The number of hydrogen-bond acceptors (Lipinski definition) is 4. The zero-order valence-corrected chi connectivity index (χ0v) is 17.4. The molecule has 2 aromatic carbocycles. The average Bonchev–Trinajstić information content (AvgIpc) is 3.08. The molecule has 1 amide bonds. The molecule has 144 valence electrons. The Balaban J connectivity index is 1.81. The molecule has 3 rings (SSSR count). The maximum absolute atomic E-state index is 12.8. The molecule has 0 radical (unpaired) electrons. The van der Waals surface area contributed by atoms with E-state index >= 15 is 0 Å². The number of aryl methyl sites for hydroxylation is 1. The van der Waals surface area contributed by atoms with E-state index in [0.717, 1.165) is 10.5 Å². The summed E-state index contributed by atoms with van der Waals surface area (Å²) in [6, 6.07) is 12.9. The normalized spacial score (nSPS) is 16.4. The molecule has 0 saturated carbocycles. The molecule has 0 fully saturated rings.